The van der Waals surface area contributed by atoms with Crippen LogP contribution in [0.1, 0.15) is 29.0 Å². The summed E-state index contributed by atoms with van der Waals surface area (Å²) in [7, 11) is 2.97. The zero-order chi connectivity index (χ0) is 21.4. The second-order valence-corrected chi connectivity index (χ2v) is 7.63. The molecule has 0 aliphatic carbocycles. The maximum atomic E-state index is 12.8. The van der Waals surface area contributed by atoms with E-state index in [9.17, 15) is 14.4 Å². The van der Waals surface area contributed by atoms with E-state index in [1.165, 1.54) is 18.7 Å². The van der Waals surface area contributed by atoms with Gasteiger partial charge in [0.1, 0.15) is 18.2 Å². The molecule has 4 rings (SSSR count). The number of halogens is 1. The Balaban J connectivity index is 1.64. The molecule has 0 saturated carbocycles. The first-order valence-electron chi connectivity index (χ1n) is 9.42. The molecule has 0 saturated heterocycles. The van der Waals surface area contributed by atoms with Gasteiger partial charge < -0.3 is 10.1 Å². The minimum atomic E-state index is -0.483. The molecule has 1 aliphatic heterocycles. The molecule has 7 nitrogen and oxygen atoms in total. The number of nitrogens with zero attached hydrogens (tertiary/aromatic N) is 2. The van der Waals surface area contributed by atoms with Crippen molar-refractivity contribution in [2.75, 3.05) is 5.32 Å². The first kappa shape index (κ1) is 20.0. The zero-order valence-corrected chi connectivity index (χ0v) is 17.3. The number of nitrogens with one attached hydrogen (secondary N) is 1. The summed E-state index contributed by atoms with van der Waals surface area (Å²) in [6.07, 6.45) is 0.125. The first-order chi connectivity index (χ1) is 14.4. The lowest BCUT2D eigenvalue weighted by atomic mass is 9.86. The molecule has 1 aromatic heterocycles. The van der Waals surface area contributed by atoms with E-state index in [0.717, 1.165) is 15.7 Å². The number of carbonyl (C=O) groups is 1. The van der Waals surface area contributed by atoms with Gasteiger partial charge in [-0.3, -0.25) is 18.7 Å². The fourth-order valence-corrected chi connectivity index (χ4v) is 3.85. The number of fused-ring (bicyclic) bond motifs is 1. The van der Waals surface area contributed by atoms with E-state index in [4.69, 9.17) is 16.3 Å². The van der Waals surface area contributed by atoms with E-state index in [2.05, 4.69) is 5.32 Å². The molecule has 2 heterocycles. The third-order valence-electron chi connectivity index (χ3n) is 5.33. The van der Waals surface area contributed by atoms with Crippen LogP contribution in [-0.4, -0.2) is 15.0 Å². The molecule has 1 N–H and O–H groups in total. The maximum absolute atomic E-state index is 12.8. The average molecular weight is 426 g/mol. The predicted octanol–water partition coefficient (Wildman–Crippen LogP) is 2.79. The van der Waals surface area contributed by atoms with Gasteiger partial charge in [-0.1, -0.05) is 41.9 Å². The highest BCUT2D eigenvalue weighted by Gasteiger charge is 2.32. The summed E-state index contributed by atoms with van der Waals surface area (Å²) < 4.78 is 8.16. The molecule has 0 radical (unpaired) electrons. The fourth-order valence-electron chi connectivity index (χ4n) is 3.66. The van der Waals surface area contributed by atoms with Crippen LogP contribution in [-0.2, 0) is 25.5 Å². The number of amides is 1. The van der Waals surface area contributed by atoms with Gasteiger partial charge in [-0.05, 0) is 23.8 Å². The smallest absolute Gasteiger partial charge is 0.332 e. The summed E-state index contributed by atoms with van der Waals surface area (Å²) in [6.45, 7) is 0.330. The largest absolute Gasteiger partial charge is 0.489 e. The Morgan fingerprint density at radius 2 is 1.73 bits per heavy atom. The third kappa shape index (κ3) is 3.52. The molecule has 0 fully saturated rings. The van der Waals surface area contributed by atoms with Gasteiger partial charge >= 0.3 is 5.69 Å². The maximum Gasteiger partial charge on any atom is 0.332 e. The molecule has 2 aromatic carbocycles. The summed E-state index contributed by atoms with van der Waals surface area (Å²) in [4.78, 5) is 37.3. The van der Waals surface area contributed by atoms with E-state index in [0.29, 0.717) is 22.9 Å². The highest BCUT2D eigenvalue weighted by molar-refractivity contribution is 6.31. The molecule has 154 valence electrons. The van der Waals surface area contributed by atoms with Crippen LogP contribution in [0.4, 0.5) is 5.82 Å². The Hall–Kier alpha value is -3.32. The van der Waals surface area contributed by atoms with Crippen molar-refractivity contribution in [2.24, 2.45) is 14.1 Å². The minimum absolute atomic E-state index is 0.125. The summed E-state index contributed by atoms with van der Waals surface area (Å²) in [5.41, 5.74) is 1.20. The van der Waals surface area contributed by atoms with E-state index >= 15 is 0 Å². The third-order valence-corrected chi connectivity index (χ3v) is 5.70. The number of hydrogen-bond donors (Lipinski definition) is 1. The van der Waals surface area contributed by atoms with Gasteiger partial charge in [-0.25, -0.2) is 4.79 Å². The summed E-state index contributed by atoms with van der Waals surface area (Å²) in [5, 5.41) is 3.30. The predicted molar refractivity (Wildman–Crippen MR) is 114 cm³/mol. The van der Waals surface area contributed by atoms with Crippen LogP contribution >= 0.6 is 11.6 Å². The van der Waals surface area contributed by atoms with Gasteiger partial charge in [0, 0.05) is 37.0 Å². The SMILES string of the molecule is Cn1c2c(c(=O)n(C)c1=O)[C@H](c1ccc(OCc3ccccc3Cl)cc1)CC(=O)N2. The van der Waals surface area contributed by atoms with Gasteiger partial charge in [-0.15, -0.1) is 0 Å². The van der Waals surface area contributed by atoms with Gasteiger partial charge in [-0.2, -0.15) is 0 Å². The highest BCUT2D eigenvalue weighted by atomic mass is 35.5. The monoisotopic (exact) mass is 425 g/mol. The highest BCUT2D eigenvalue weighted by Crippen LogP contribution is 2.34. The molecular weight excluding hydrogens is 406 g/mol. The second kappa shape index (κ2) is 7.84. The number of benzene rings is 2. The lowest BCUT2D eigenvalue weighted by molar-refractivity contribution is -0.116. The molecular formula is C22H20ClN3O4. The molecule has 30 heavy (non-hydrogen) atoms. The van der Waals surface area contributed by atoms with Crippen LogP contribution in [0.5, 0.6) is 5.75 Å². The topological polar surface area (TPSA) is 82.3 Å². The van der Waals surface area contributed by atoms with Crippen molar-refractivity contribution in [1.82, 2.24) is 9.13 Å². The van der Waals surface area contributed by atoms with E-state index in [1.54, 1.807) is 12.1 Å². The van der Waals surface area contributed by atoms with E-state index < -0.39 is 17.2 Å². The van der Waals surface area contributed by atoms with Crippen LogP contribution in [0, 0.1) is 0 Å². The van der Waals surface area contributed by atoms with Gasteiger partial charge in [0.25, 0.3) is 5.56 Å². The zero-order valence-electron chi connectivity index (χ0n) is 16.5. The second-order valence-electron chi connectivity index (χ2n) is 7.22. The van der Waals surface area contributed by atoms with Crippen molar-refractivity contribution < 1.29 is 9.53 Å². The summed E-state index contributed by atoms with van der Waals surface area (Å²) >= 11 is 6.16. The molecule has 8 heteroatoms. The molecule has 1 amide bonds. The van der Waals surface area contributed by atoms with Crippen LogP contribution in [0.2, 0.25) is 5.02 Å². The standard InChI is InChI=1S/C22H20ClN3O4/c1-25-20-19(21(28)26(2)22(25)29)16(11-18(27)24-20)13-7-9-15(10-8-13)30-12-14-5-3-4-6-17(14)23/h3-10,16H,11-12H2,1-2H3,(H,24,27)/t16-/m0/s1. The molecule has 1 aliphatic rings. The Bertz CT molecular complexity index is 1240. The van der Waals surface area contributed by atoms with E-state index in [1.807, 2.05) is 36.4 Å². The Labute approximate surface area is 177 Å². The van der Waals surface area contributed by atoms with Crippen molar-refractivity contribution >= 4 is 23.3 Å². The van der Waals surface area contributed by atoms with Gasteiger partial charge in [0.05, 0.1) is 5.56 Å². The van der Waals surface area contributed by atoms with Crippen LogP contribution in [0.3, 0.4) is 0 Å². The summed E-state index contributed by atoms with van der Waals surface area (Å²) in [5.74, 6) is 0.211. The number of ether oxygens (including phenoxy) is 1. The number of carbonyl (C=O) groups excluding carboxylic acids is 1. The van der Waals surface area contributed by atoms with E-state index in [-0.39, 0.29) is 18.1 Å². The quantitative estimate of drug-likeness (QED) is 0.696. The first-order valence-corrected chi connectivity index (χ1v) is 9.80. The summed E-state index contributed by atoms with van der Waals surface area (Å²) in [6, 6.07) is 14.7. The van der Waals surface area contributed by atoms with Crippen LogP contribution in [0.25, 0.3) is 0 Å². The van der Waals surface area contributed by atoms with Crippen molar-refractivity contribution in [1.29, 1.82) is 0 Å². The fraction of sp³-hybridized carbons (Fsp3) is 0.227. The Morgan fingerprint density at radius 3 is 2.43 bits per heavy atom. The number of anilines is 1. The van der Waals surface area contributed by atoms with Gasteiger partial charge in [0.15, 0.2) is 0 Å². The molecule has 0 spiro atoms. The van der Waals surface area contributed by atoms with Crippen LogP contribution in [0.15, 0.2) is 58.1 Å². The molecule has 3 aromatic rings. The average Bonchev–Trinajstić information content (AvgIpc) is 2.75. The lowest BCUT2D eigenvalue weighted by Crippen LogP contribution is -2.44. The lowest BCUT2D eigenvalue weighted by Gasteiger charge is -2.27. The number of hydrogen-bond acceptors (Lipinski definition) is 4. The Kier molecular flexibility index (Phi) is 5.22. The molecule has 0 unspecified atom stereocenters. The van der Waals surface area contributed by atoms with Crippen molar-refractivity contribution in [2.45, 2.75) is 18.9 Å². The van der Waals surface area contributed by atoms with Crippen LogP contribution < -0.4 is 21.3 Å². The van der Waals surface area contributed by atoms with Crippen molar-refractivity contribution in [3.8, 4) is 5.75 Å². The van der Waals surface area contributed by atoms with Crippen molar-refractivity contribution in [3.05, 3.63) is 91.1 Å². The van der Waals surface area contributed by atoms with Crippen molar-refractivity contribution in [3.63, 3.8) is 0 Å². The molecule has 1 atom stereocenters. The molecule has 0 bridgehead atoms. The number of rotatable bonds is 4. The minimum Gasteiger partial charge on any atom is -0.489 e. The Morgan fingerprint density at radius 1 is 1.03 bits per heavy atom. The number of aromatic nitrogens is 2. The normalized spacial score (nSPS) is 15.4. The van der Waals surface area contributed by atoms with Gasteiger partial charge in [0.2, 0.25) is 5.91 Å².